The zero-order chi connectivity index (χ0) is 14.7. The maximum absolute atomic E-state index is 5.22. The Balaban J connectivity index is 1.35. The maximum Gasteiger partial charge on any atom is 0.118 e. The second-order valence-electron chi connectivity index (χ2n) is 6.45. The standard InChI is InChI=1S/C18H28N2O/c1-3-20(17-6-7-17)11-10-19-16-12-15(13-16)14-4-8-18(21-2)9-5-14/h4-5,8-9,15-17,19H,3,6-7,10-13H2,1-2H3. The average Bonchev–Trinajstić information content (AvgIpc) is 3.30. The zero-order valence-electron chi connectivity index (χ0n) is 13.3. The summed E-state index contributed by atoms with van der Waals surface area (Å²) in [7, 11) is 1.72. The molecule has 3 rings (SSSR count). The Morgan fingerprint density at radius 2 is 1.90 bits per heavy atom. The molecule has 1 aromatic rings. The number of hydrogen-bond acceptors (Lipinski definition) is 3. The fourth-order valence-corrected chi connectivity index (χ4v) is 3.38. The van der Waals surface area contributed by atoms with Gasteiger partial charge in [-0.05, 0) is 55.8 Å². The third-order valence-corrected chi connectivity index (χ3v) is 5.03. The third-order valence-electron chi connectivity index (χ3n) is 5.03. The molecule has 0 bridgehead atoms. The highest BCUT2D eigenvalue weighted by Crippen LogP contribution is 2.37. The summed E-state index contributed by atoms with van der Waals surface area (Å²) in [5, 5.41) is 3.72. The monoisotopic (exact) mass is 288 g/mol. The smallest absolute Gasteiger partial charge is 0.118 e. The van der Waals surface area contributed by atoms with Crippen LogP contribution >= 0.6 is 0 Å². The summed E-state index contributed by atoms with van der Waals surface area (Å²) in [6.07, 6.45) is 5.39. The SMILES string of the molecule is CCN(CCNC1CC(c2ccc(OC)cc2)C1)C1CC1. The Morgan fingerprint density at radius 1 is 1.19 bits per heavy atom. The highest BCUT2D eigenvalue weighted by atomic mass is 16.5. The van der Waals surface area contributed by atoms with E-state index >= 15 is 0 Å². The predicted molar refractivity (Wildman–Crippen MR) is 87.0 cm³/mol. The number of likely N-dealkylation sites (N-methyl/N-ethyl adjacent to an activating group) is 1. The number of benzene rings is 1. The number of methoxy groups -OCH3 is 1. The van der Waals surface area contributed by atoms with Gasteiger partial charge in [0, 0.05) is 25.2 Å². The van der Waals surface area contributed by atoms with Gasteiger partial charge < -0.3 is 10.1 Å². The van der Waals surface area contributed by atoms with Crippen molar-refractivity contribution in [3.05, 3.63) is 29.8 Å². The average molecular weight is 288 g/mol. The van der Waals surface area contributed by atoms with Crippen molar-refractivity contribution in [1.29, 1.82) is 0 Å². The molecule has 0 unspecified atom stereocenters. The van der Waals surface area contributed by atoms with Crippen molar-refractivity contribution < 1.29 is 4.74 Å². The summed E-state index contributed by atoms with van der Waals surface area (Å²) >= 11 is 0. The zero-order valence-corrected chi connectivity index (χ0v) is 13.3. The predicted octanol–water partition coefficient (Wildman–Crippen LogP) is 3.02. The molecule has 0 aliphatic heterocycles. The van der Waals surface area contributed by atoms with Crippen molar-refractivity contribution in [2.75, 3.05) is 26.7 Å². The van der Waals surface area contributed by atoms with E-state index in [1.165, 1.54) is 44.3 Å². The minimum atomic E-state index is 0.718. The van der Waals surface area contributed by atoms with E-state index in [4.69, 9.17) is 4.74 Å². The first kappa shape index (κ1) is 14.9. The lowest BCUT2D eigenvalue weighted by molar-refractivity contribution is 0.244. The molecule has 0 heterocycles. The lowest BCUT2D eigenvalue weighted by atomic mass is 9.76. The number of nitrogens with zero attached hydrogens (tertiary/aromatic N) is 1. The molecular formula is C18H28N2O. The van der Waals surface area contributed by atoms with Crippen molar-refractivity contribution >= 4 is 0 Å². The molecule has 0 saturated heterocycles. The summed E-state index contributed by atoms with van der Waals surface area (Å²) in [5.41, 5.74) is 1.46. The van der Waals surface area contributed by atoms with Crippen LogP contribution in [0.4, 0.5) is 0 Å². The van der Waals surface area contributed by atoms with Gasteiger partial charge in [0.1, 0.15) is 5.75 Å². The van der Waals surface area contributed by atoms with Gasteiger partial charge >= 0.3 is 0 Å². The van der Waals surface area contributed by atoms with E-state index in [9.17, 15) is 0 Å². The molecule has 1 N–H and O–H groups in total. The van der Waals surface area contributed by atoms with Crippen molar-refractivity contribution in [3.63, 3.8) is 0 Å². The van der Waals surface area contributed by atoms with Crippen LogP contribution in [-0.2, 0) is 0 Å². The van der Waals surface area contributed by atoms with Crippen LogP contribution in [0.15, 0.2) is 24.3 Å². The van der Waals surface area contributed by atoms with Crippen LogP contribution in [0.3, 0.4) is 0 Å². The molecule has 0 atom stereocenters. The first-order valence-corrected chi connectivity index (χ1v) is 8.41. The summed E-state index contributed by atoms with van der Waals surface area (Å²) in [4.78, 5) is 2.62. The van der Waals surface area contributed by atoms with Crippen LogP contribution in [0.1, 0.15) is 44.1 Å². The van der Waals surface area contributed by atoms with Gasteiger partial charge in [0.15, 0.2) is 0 Å². The summed E-state index contributed by atoms with van der Waals surface area (Å²) in [5.74, 6) is 1.69. The van der Waals surface area contributed by atoms with E-state index in [0.29, 0.717) is 0 Å². The van der Waals surface area contributed by atoms with Crippen LogP contribution < -0.4 is 10.1 Å². The maximum atomic E-state index is 5.22. The Morgan fingerprint density at radius 3 is 2.48 bits per heavy atom. The molecule has 1 aromatic carbocycles. The largest absolute Gasteiger partial charge is 0.497 e. The summed E-state index contributed by atoms with van der Waals surface area (Å²) < 4.78 is 5.22. The van der Waals surface area contributed by atoms with E-state index in [-0.39, 0.29) is 0 Å². The second-order valence-corrected chi connectivity index (χ2v) is 6.45. The molecule has 2 saturated carbocycles. The van der Waals surface area contributed by atoms with E-state index in [0.717, 1.165) is 30.3 Å². The van der Waals surface area contributed by atoms with Crippen molar-refractivity contribution in [2.45, 2.75) is 50.6 Å². The minimum absolute atomic E-state index is 0.718. The lowest BCUT2D eigenvalue weighted by Gasteiger charge is -2.37. The number of hydrogen-bond donors (Lipinski definition) is 1. The molecule has 0 amide bonds. The van der Waals surface area contributed by atoms with Crippen molar-refractivity contribution in [3.8, 4) is 5.75 Å². The van der Waals surface area contributed by atoms with Gasteiger partial charge in [-0.1, -0.05) is 19.1 Å². The summed E-state index contributed by atoms with van der Waals surface area (Å²) in [6, 6.07) is 10.2. The normalized spacial score (nSPS) is 24.9. The quantitative estimate of drug-likeness (QED) is 0.796. The highest BCUT2D eigenvalue weighted by molar-refractivity contribution is 5.30. The molecule has 0 spiro atoms. The second kappa shape index (κ2) is 6.80. The number of nitrogens with one attached hydrogen (secondary N) is 1. The topological polar surface area (TPSA) is 24.5 Å². The molecule has 2 aliphatic rings. The van der Waals surface area contributed by atoms with Gasteiger partial charge in [-0.2, -0.15) is 0 Å². The van der Waals surface area contributed by atoms with E-state index in [1.54, 1.807) is 7.11 Å². The fourth-order valence-electron chi connectivity index (χ4n) is 3.38. The third kappa shape index (κ3) is 3.78. The van der Waals surface area contributed by atoms with Crippen LogP contribution in [-0.4, -0.2) is 43.7 Å². The van der Waals surface area contributed by atoms with E-state index in [2.05, 4.69) is 41.4 Å². The Hall–Kier alpha value is -1.06. The molecule has 0 radical (unpaired) electrons. The Kier molecular flexibility index (Phi) is 4.81. The van der Waals surface area contributed by atoms with E-state index < -0.39 is 0 Å². The molecular weight excluding hydrogens is 260 g/mol. The highest BCUT2D eigenvalue weighted by Gasteiger charge is 2.31. The van der Waals surface area contributed by atoms with Gasteiger partial charge in [-0.25, -0.2) is 0 Å². The van der Waals surface area contributed by atoms with Gasteiger partial charge in [-0.3, -0.25) is 4.90 Å². The molecule has 2 fully saturated rings. The first-order valence-electron chi connectivity index (χ1n) is 8.41. The first-order chi connectivity index (χ1) is 10.3. The Bertz CT molecular complexity index is 435. The molecule has 21 heavy (non-hydrogen) atoms. The van der Waals surface area contributed by atoms with Crippen LogP contribution in [0.5, 0.6) is 5.75 Å². The number of ether oxygens (including phenoxy) is 1. The number of rotatable bonds is 8. The van der Waals surface area contributed by atoms with Crippen molar-refractivity contribution in [2.24, 2.45) is 0 Å². The summed E-state index contributed by atoms with van der Waals surface area (Å²) in [6.45, 7) is 5.84. The molecule has 3 heteroatoms. The van der Waals surface area contributed by atoms with Crippen LogP contribution in [0.2, 0.25) is 0 Å². The Labute approximate surface area is 128 Å². The molecule has 0 aromatic heterocycles. The van der Waals surface area contributed by atoms with Crippen molar-refractivity contribution in [1.82, 2.24) is 10.2 Å². The van der Waals surface area contributed by atoms with E-state index in [1.807, 2.05) is 0 Å². The molecule has 3 nitrogen and oxygen atoms in total. The van der Waals surface area contributed by atoms with Gasteiger partial charge in [0.2, 0.25) is 0 Å². The molecule has 2 aliphatic carbocycles. The fraction of sp³-hybridized carbons (Fsp3) is 0.667. The minimum Gasteiger partial charge on any atom is -0.497 e. The van der Waals surface area contributed by atoms with Crippen LogP contribution in [0, 0.1) is 0 Å². The van der Waals surface area contributed by atoms with Gasteiger partial charge in [-0.15, -0.1) is 0 Å². The van der Waals surface area contributed by atoms with Gasteiger partial charge in [0.25, 0.3) is 0 Å². The molecule has 116 valence electrons. The van der Waals surface area contributed by atoms with Crippen LogP contribution in [0.25, 0.3) is 0 Å². The lowest BCUT2D eigenvalue weighted by Crippen LogP contribution is -2.43. The van der Waals surface area contributed by atoms with Gasteiger partial charge in [0.05, 0.1) is 7.11 Å².